The number of methoxy groups -OCH3 is 2. The number of ketones is 1. The van der Waals surface area contributed by atoms with E-state index in [-0.39, 0.29) is 5.78 Å². The average molecular weight is 385 g/mol. The highest BCUT2D eigenvalue weighted by atomic mass is 16.5. The molecule has 4 rings (SSSR count). The molecule has 0 saturated carbocycles. The van der Waals surface area contributed by atoms with Gasteiger partial charge in [-0.25, -0.2) is 0 Å². The van der Waals surface area contributed by atoms with Gasteiger partial charge in [-0.15, -0.1) is 0 Å². The number of ether oxygens (including phenoxy) is 2. The van der Waals surface area contributed by atoms with Crippen molar-refractivity contribution in [1.29, 1.82) is 0 Å². The molecule has 4 nitrogen and oxygen atoms in total. The van der Waals surface area contributed by atoms with E-state index in [1.165, 1.54) is 21.8 Å². The van der Waals surface area contributed by atoms with E-state index in [0.717, 1.165) is 12.1 Å². The van der Waals surface area contributed by atoms with Crippen LogP contribution in [0.4, 0.5) is 0 Å². The molecule has 3 aromatic carbocycles. The molecule has 0 N–H and O–H groups in total. The van der Waals surface area contributed by atoms with E-state index >= 15 is 0 Å². The van der Waals surface area contributed by atoms with Gasteiger partial charge in [0.05, 0.1) is 19.8 Å². The Kier molecular flexibility index (Phi) is 5.09. The lowest BCUT2D eigenvalue weighted by atomic mass is 10.1. The normalized spacial score (nSPS) is 11.4. The number of rotatable bonds is 6. The quantitative estimate of drug-likeness (QED) is 0.314. The molecule has 0 aliphatic rings. The predicted octanol–water partition coefficient (Wildman–Crippen LogP) is 5.73. The molecule has 0 saturated heterocycles. The first kappa shape index (κ1) is 18.8. The number of carbonyl (C=O) groups excluding carboxylic acids is 1. The lowest BCUT2D eigenvalue weighted by Gasteiger charge is -2.08. The zero-order chi connectivity index (χ0) is 20.4. The summed E-state index contributed by atoms with van der Waals surface area (Å²) in [7, 11) is 3.13. The Morgan fingerprint density at radius 3 is 2.48 bits per heavy atom. The van der Waals surface area contributed by atoms with Gasteiger partial charge in [0, 0.05) is 34.4 Å². The third kappa shape index (κ3) is 3.38. The number of hydrogen-bond acceptors (Lipinski definition) is 3. The summed E-state index contributed by atoms with van der Waals surface area (Å²) in [4.78, 5) is 12.7. The van der Waals surface area contributed by atoms with Gasteiger partial charge in [0.1, 0.15) is 11.5 Å². The molecule has 1 aromatic heterocycles. The molecule has 0 fully saturated rings. The minimum Gasteiger partial charge on any atom is -0.497 e. The molecule has 4 aromatic rings. The molecule has 4 heteroatoms. The van der Waals surface area contributed by atoms with Gasteiger partial charge in [-0.05, 0) is 48.9 Å². The molecule has 0 unspecified atom stereocenters. The summed E-state index contributed by atoms with van der Waals surface area (Å²) in [6.07, 6.45) is 3.44. The first-order valence-corrected chi connectivity index (χ1v) is 9.61. The van der Waals surface area contributed by atoms with Gasteiger partial charge < -0.3 is 14.0 Å². The smallest absolute Gasteiger partial charge is 0.189 e. The number of nitrogens with zero attached hydrogens (tertiary/aromatic N) is 1. The second-order valence-electron chi connectivity index (χ2n) is 6.80. The topological polar surface area (TPSA) is 40.5 Å². The maximum atomic E-state index is 12.7. The van der Waals surface area contributed by atoms with Crippen molar-refractivity contribution in [2.75, 3.05) is 14.2 Å². The molecule has 0 spiro atoms. The molecular formula is C25H23NO3. The minimum atomic E-state index is -0.111. The highest BCUT2D eigenvalue weighted by Crippen LogP contribution is 2.30. The monoisotopic (exact) mass is 385 g/mol. The Labute approximate surface area is 170 Å². The number of aromatic nitrogens is 1. The van der Waals surface area contributed by atoms with E-state index in [1.807, 2.05) is 12.1 Å². The fraction of sp³-hybridized carbons (Fsp3) is 0.160. The van der Waals surface area contributed by atoms with E-state index in [1.54, 1.807) is 38.5 Å². The molecule has 0 bridgehead atoms. The molecule has 0 amide bonds. The molecule has 0 radical (unpaired) electrons. The van der Waals surface area contributed by atoms with E-state index < -0.39 is 0 Å². The molecule has 1 heterocycles. The number of hydrogen-bond donors (Lipinski definition) is 0. The number of para-hydroxylation sites is 1. The number of aryl methyl sites for hydroxylation is 1. The summed E-state index contributed by atoms with van der Waals surface area (Å²) in [5, 5.41) is 2.42. The third-order valence-electron chi connectivity index (χ3n) is 5.21. The first-order chi connectivity index (χ1) is 14.2. The Morgan fingerprint density at radius 2 is 1.72 bits per heavy atom. The van der Waals surface area contributed by atoms with Crippen LogP contribution in [-0.4, -0.2) is 24.6 Å². The molecular weight excluding hydrogens is 362 g/mol. The van der Waals surface area contributed by atoms with Crippen molar-refractivity contribution >= 4 is 33.7 Å². The first-order valence-electron chi connectivity index (χ1n) is 9.61. The van der Waals surface area contributed by atoms with Gasteiger partial charge in [0.2, 0.25) is 0 Å². The van der Waals surface area contributed by atoms with Crippen LogP contribution < -0.4 is 9.47 Å². The summed E-state index contributed by atoms with van der Waals surface area (Å²) in [6, 6.07) is 19.9. The SMILES string of the molecule is CCn1c2ccccc2c2cc(/C=C/C(=O)c3ccc(OC)cc3OC)ccc21. The second-order valence-corrected chi connectivity index (χ2v) is 6.80. The van der Waals surface area contributed by atoms with Crippen LogP contribution in [-0.2, 0) is 6.54 Å². The maximum Gasteiger partial charge on any atom is 0.189 e. The number of carbonyl (C=O) groups is 1. The fourth-order valence-electron chi connectivity index (χ4n) is 3.78. The number of allylic oxidation sites excluding steroid dienone is 1. The van der Waals surface area contributed by atoms with Gasteiger partial charge in [-0.1, -0.05) is 30.3 Å². The van der Waals surface area contributed by atoms with Crippen LogP contribution in [0.3, 0.4) is 0 Å². The van der Waals surface area contributed by atoms with Crippen LogP contribution in [0.15, 0.2) is 66.7 Å². The summed E-state index contributed by atoms with van der Waals surface area (Å²) < 4.78 is 12.9. The van der Waals surface area contributed by atoms with Crippen molar-refractivity contribution in [3.8, 4) is 11.5 Å². The maximum absolute atomic E-state index is 12.7. The standard InChI is InChI=1S/C25H23NO3/c1-4-26-22-8-6-5-7-19(22)21-15-17(9-13-23(21)26)10-14-24(27)20-12-11-18(28-2)16-25(20)29-3/h5-16H,4H2,1-3H3/b14-10+. The van der Waals surface area contributed by atoms with Gasteiger partial charge in [0.15, 0.2) is 5.78 Å². The summed E-state index contributed by atoms with van der Waals surface area (Å²) in [6.45, 7) is 3.07. The van der Waals surface area contributed by atoms with Crippen molar-refractivity contribution in [2.45, 2.75) is 13.5 Å². The van der Waals surface area contributed by atoms with Crippen molar-refractivity contribution in [2.24, 2.45) is 0 Å². The molecule has 0 aliphatic carbocycles. The Hall–Kier alpha value is -3.53. The molecule has 0 atom stereocenters. The van der Waals surface area contributed by atoms with Crippen LogP contribution in [0.2, 0.25) is 0 Å². The Morgan fingerprint density at radius 1 is 0.931 bits per heavy atom. The van der Waals surface area contributed by atoms with E-state index in [9.17, 15) is 4.79 Å². The Bertz CT molecular complexity index is 1230. The second kappa shape index (κ2) is 7.84. The van der Waals surface area contributed by atoms with Gasteiger partial charge in [-0.2, -0.15) is 0 Å². The van der Waals surface area contributed by atoms with E-state index in [2.05, 4.69) is 47.9 Å². The van der Waals surface area contributed by atoms with Gasteiger partial charge >= 0.3 is 0 Å². The highest BCUT2D eigenvalue weighted by Gasteiger charge is 2.12. The van der Waals surface area contributed by atoms with E-state index in [4.69, 9.17) is 9.47 Å². The molecule has 29 heavy (non-hydrogen) atoms. The van der Waals surface area contributed by atoms with Crippen molar-refractivity contribution in [3.05, 3.63) is 77.9 Å². The number of benzene rings is 3. The Balaban J connectivity index is 1.70. The number of fused-ring (bicyclic) bond motifs is 3. The fourth-order valence-corrected chi connectivity index (χ4v) is 3.78. The van der Waals surface area contributed by atoms with Crippen LogP contribution in [0.5, 0.6) is 11.5 Å². The minimum absolute atomic E-state index is 0.111. The molecule has 146 valence electrons. The van der Waals surface area contributed by atoms with E-state index in [0.29, 0.717) is 17.1 Å². The largest absolute Gasteiger partial charge is 0.497 e. The summed E-state index contributed by atoms with van der Waals surface area (Å²) >= 11 is 0. The van der Waals surface area contributed by atoms with Crippen LogP contribution in [0, 0.1) is 0 Å². The van der Waals surface area contributed by atoms with Crippen molar-refractivity contribution in [1.82, 2.24) is 4.57 Å². The predicted molar refractivity (Wildman–Crippen MR) is 118 cm³/mol. The highest BCUT2D eigenvalue weighted by molar-refractivity contribution is 6.10. The van der Waals surface area contributed by atoms with Crippen molar-refractivity contribution < 1.29 is 14.3 Å². The lowest BCUT2D eigenvalue weighted by molar-refractivity contribution is 0.104. The van der Waals surface area contributed by atoms with Crippen molar-refractivity contribution in [3.63, 3.8) is 0 Å². The van der Waals surface area contributed by atoms with Crippen LogP contribution >= 0.6 is 0 Å². The van der Waals surface area contributed by atoms with Crippen LogP contribution in [0.25, 0.3) is 27.9 Å². The summed E-state index contributed by atoms with van der Waals surface area (Å²) in [5.74, 6) is 1.04. The summed E-state index contributed by atoms with van der Waals surface area (Å²) in [5.41, 5.74) is 3.92. The third-order valence-corrected chi connectivity index (χ3v) is 5.21. The van der Waals surface area contributed by atoms with Crippen LogP contribution in [0.1, 0.15) is 22.8 Å². The zero-order valence-electron chi connectivity index (χ0n) is 16.8. The van der Waals surface area contributed by atoms with Gasteiger partial charge in [0.25, 0.3) is 0 Å². The lowest BCUT2D eigenvalue weighted by Crippen LogP contribution is -1.99. The van der Waals surface area contributed by atoms with Gasteiger partial charge in [-0.3, -0.25) is 4.79 Å². The average Bonchev–Trinajstić information content (AvgIpc) is 3.09. The molecule has 0 aliphatic heterocycles. The zero-order valence-corrected chi connectivity index (χ0v) is 16.8.